The van der Waals surface area contributed by atoms with Gasteiger partial charge in [-0.2, -0.15) is 5.10 Å². The highest BCUT2D eigenvalue weighted by Crippen LogP contribution is 2.55. The molecule has 0 saturated heterocycles. The van der Waals surface area contributed by atoms with Crippen molar-refractivity contribution in [3.05, 3.63) is 23.0 Å². The summed E-state index contributed by atoms with van der Waals surface area (Å²) in [6.45, 7) is 1.99. The fraction of sp³-hybridized carbons (Fsp3) is 0.682. The predicted octanol–water partition coefficient (Wildman–Crippen LogP) is 3.85. The molecule has 1 N–H and O–H groups in total. The lowest BCUT2D eigenvalue weighted by atomic mass is 9.53. The fourth-order valence-electron chi connectivity index (χ4n) is 6.80. The molecule has 7 rings (SSSR count). The molecule has 0 unspecified atom stereocenters. The largest absolute Gasteiger partial charge is 0.347 e. The molecule has 2 aromatic rings. The highest BCUT2D eigenvalue weighted by atomic mass is 16.1. The molecule has 2 heterocycles. The van der Waals surface area contributed by atoms with Crippen molar-refractivity contribution >= 4 is 16.9 Å². The van der Waals surface area contributed by atoms with Crippen molar-refractivity contribution < 1.29 is 4.79 Å². The summed E-state index contributed by atoms with van der Waals surface area (Å²) in [6.07, 6.45) is 10.1. The number of fused-ring (bicyclic) bond motifs is 1. The van der Waals surface area contributed by atoms with Crippen molar-refractivity contribution in [2.24, 2.45) is 24.8 Å². The van der Waals surface area contributed by atoms with E-state index in [0.29, 0.717) is 5.92 Å². The van der Waals surface area contributed by atoms with Crippen LogP contribution in [-0.4, -0.2) is 26.2 Å². The van der Waals surface area contributed by atoms with Gasteiger partial charge in [-0.1, -0.05) is 0 Å². The zero-order chi connectivity index (χ0) is 18.3. The van der Waals surface area contributed by atoms with Gasteiger partial charge >= 0.3 is 0 Å². The van der Waals surface area contributed by atoms with Crippen molar-refractivity contribution in [3.63, 3.8) is 0 Å². The minimum absolute atomic E-state index is 0.0390. The van der Waals surface area contributed by atoms with E-state index >= 15 is 0 Å². The van der Waals surface area contributed by atoms with E-state index in [2.05, 4.69) is 16.5 Å². The Morgan fingerprint density at radius 2 is 1.78 bits per heavy atom. The van der Waals surface area contributed by atoms with Crippen molar-refractivity contribution in [3.8, 4) is 0 Å². The van der Waals surface area contributed by atoms with Crippen molar-refractivity contribution in [1.29, 1.82) is 0 Å². The van der Waals surface area contributed by atoms with E-state index < -0.39 is 0 Å². The minimum Gasteiger partial charge on any atom is -0.347 e. The van der Waals surface area contributed by atoms with Crippen molar-refractivity contribution in [2.75, 3.05) is 0 Å². The van der Waals surface area contributed by atoms with E-state index in [-0.39, 0.29) is 11.4 Å². The van der Waals surface area contributed by atoms with Gasteiger partial charge in [0.25, 0.3) is 5.91 Å². The zero-order valence-corrected chi connectivity index (χ0v) is 16.3. The SMILES string of the molecule is Cc1nn(C)c2nc(C3CC3)cc(C(=O)NC34CC5CC(CC(C5)C3)C4)c12. The topological polar surface area (TPSA) is 59.8 Å². The summed E-state index contributed by atoms with van der Waals surface area (Å²) in [6, 6.07) is 2.06. The maximum atomic E-state index is 13.5. The van der Waals surface area contributed by atoms with Gasteiger partial charge in [0.2, 0.25) is 0 Å². The van der Waals surface area contributed by atoms with E-state index in [1.165, 1.54) is 51.4 Å². The number of aromatic nitrogens is 3. The van der Waals surface area contributed by atoms with Crippen LogP contribution in [0.15, 0.2) is 6.07 Å². The average molecular weight is 364 g/mol. The first kappa shape index (κ1) is 16.1. The van der Waals surface area contributed by atoms with Crippen LogP contribution >= 0.6 is 0 Å². The second kappa shape index (κ2) is 5.33. The minimum atomic E-state index is 0.0390. The Bertz CT molecular complexity index is 920. The first-order valence-corrected chi connectivity index (χ1v) is 10.7. The smallest absolute Gasteiger partial charge is 0.252 e. The van der Waals surface area contributed by atoms with Crippen LogP contribution in [0.25, 0.3) is 11.0 Å². The molecule has 5 heteroatoms. The van der Waals surface area contributed by atoms with Crippen LogP contribution in [0.2, 0.25) is 0 Å². The van der Waals surface area contributed by atoms with Crippen LogP contribution in [-0.2, 0) is 7.05 Å². The van der Waals surface area contributed by atoms with Gasteiger partial charge in [-0.05, 0) is 82.1 Å². The summed E-state index contributed by atoms with van der Waals surface area (Å²) in [7, 11) is 1.93. The van der Waals surface area contributed by atoms with E-state index in [1.54, 1.807) is 0 Å². The Kier molecular flexibility index (Phi) is 3.17. The lowest BCUT2D eigenvalue weighted by molar-refractivity contribution is -0.0166. The average Bonchev–Trinajstić information content (AvgIpc) is 3.39. The number of nitrogens with one attached hydrogen (secondary N) is 1. The maximum absolute atomic E-state index is 13.5. The lowest BCUT2D eigenvalue weighted by Gasteiger charge is -2.56. The summed E-state index contributed by atoms with van der Waals surface area (Å²) in [5, 5.41) is 9.04. The second-order valence-corrected chi connectivity index (χ2v) is 9.93. The van der Waals surface area contributed by atoms with E-state index in [4.69, 9.17) is 4.98 Å². The Labute approximate surface area is 159 Å². The van der Waals surface area contributed by atoms with Crippen molar-refractivity contribution in [1.82, 2.24) is 20.1 Å². The van der Waals surface area contributed by atoms with Gasteiger partial charge in [0.15, 0.2) is 5.65 Å². The Morgan fingerprint density at radius 1 is 1.15 bits per heavy atom. The van der Waals surface area contributed by atoms with Crippen LogP contribution in [0, 0.1) is 24.7 Å². The van der Waals surface area contributed by atoms with Gasteiger partial charge in [0.1, 0.15) is 0 Å². The molecule has 27 heavy (non-hydrogen) atoms. The van der Waals surface area contributed by atoms with Gasteiger partial charge in [-0.25, -0.2) is 4.98 Å². The predicted molar refractivity (Wildman–Crippen MR) is 104 cm³/mol. The molecule has 5 nitrogen and oxygen atoms in total. The van der Waals surface area contributed by atoms with Crippen LogP contribution < -0.4 is 5.32 Å². The van der Waals surface area contributed by atoms with Crippen LogP contribution in [0.5, 0.6) is 0 Å². The molecule has 2 aromatic heterocycles. The first-order valence-electron chi connectivity index (χ1n) is 10.7. The Hall–Kier alpha value is -1.91. The molecular formula is C22H28N4O. The van der Waals surface area contributed by atoms with Crippen LogP contribution in [0.1, 0.15) is 79.0 Å². The van der Waals surface area contributed by atoms with Crippen LogP contribution in [0.4, 0.5) is 0 Å². The van der Waals surface area contributed by atoms with Gasteiger partial charge in [0.05, 0.1) is 16.6 Å². The number of pyridine rings is 1. The number of nitrogens with zero attached hydrogens (tertiary/aromatic N) is 3. The van der Waals surface area contributed by atoms with Gasteiger partial charge < -0.3 is 5.32 Å². The number of aryl methyl sites for hydroxylation is 2. The number of hydrogen-bond donors (Lipinski definition) is 1. The monoisotopic (exact) mass is 364 g/mol. The number of rotatable bonds is 3. The lowest BCUT2D eigenvalue weighted by Crippen LogP contribution is -2.59. The molecule has 0 atom stereocenters. The molecule has 142 valence electrons. The molecule has 0 radical (unpaired) electrons. The Morgan fingerprint density at radius 3 is 2.37 bits per heavy atom. The summed E-state index contributed by atoms with van der Waals surface area (Å²) < 4.78 is 1.83. The van der Waals surface area contributed by atoms with Crippen LogP contribution in [0.3, 0.4) is 0 Å². The Balaban J connectivity index is 1.40. The summed E-state index contributed by atoms with van der Waals surface area (Å²) >= 11 is 0. The molecule has 1 amide bonds. The normalized spacial score (nSPS) is 34.4. The summed E-state index contributed by atoms with van der Waals surface area (Å²) in [5.41, 5.74) is 3.66. The van der Waals surface area contributed by atoms with Gasteiger partial charge in [0, 0.05) is 24.2 Å². The molecule has 4 bridgehead atoms. The highest BCUT2D eigenvalue weighted by Gasteiger charge is 2.51. The number of hydrogen-bond acceptors (Lipinski definition) is 3. The molecule has 0 spiro atoms. The van der Waals surface area contributed by atoms with Gasteiger partial charge in [-0.15, -0.1) is 0 Å². The molecule has 0 aromatic carbocycles. The van der Waals surface area contributed by atoms with E-state index in [1.807, 2.05) is 18.7 Å². The molecule has 5 fully saturated rings. The maximum Gasteiger partial charge on any atom is 0.252 e. The zero-order valence-electron chi connectivity index (χ0n) is 16.3. The summed E-state index contributed by atoms with van der Waals surface area (Å²) in [5.74, 6) is 3.11. The fourth-order valence-corrected chi connectivity index (χ4v) is 6.80. The van der Waals surface area contributed by atoms with Crippen molar-refractivity contribution in [2.45, 2.75) is 69.7 Å². The molecule has 5 aliphatic carbocycles. The molecule has 5 aliphatic rings. The third-order valence-electron chi connectivity index (χ3n) is 7.65. The third-order valence-corrected chi connectivity index (χ3v) is 7.65. The van der Waals surface area contributed by atoms with E-state index in [0.717, 1.165) is 45.7 Å². The standard InChI is InChI=1S/C22H28N4O/c1-12-19-17(8-18(16-3-4-16)23-20(19)26(2)25-12)21(27)24-22-9-13-5-14(10-22)7-15(6-13)11-22/h8,13-16H,3-7,9-11H2,1-2H3,(H,24,27). The molecule has 0 aliphatic heterocycles. The summed E-state index contributed by atoms with van der Waals surface area (Å²) in [4.78, 5) is 18.4. The quantitative estimate of drug-likeness (QED) is 0.900. The number of carbonyl (C=O) groups is 1. The van der Waals surface area contributed by atoms with Gasteiger partial charge in [-0.3, -0.25) is 9.48 Å². The number of carbonyl (C=O) groups excluding carboxylic acids is 1. The molecular weight excluding hydrogens is 336 g/mol. The van der Waals surface area contributed by atoms with E-state index in [9.17, 15) is 4.79 Å². The first-order chi connectivity index (χ1) is 13.0. The molecule has 5 saturated carbocycles. The second-order valence-electron chi connectivity index (χ2n) is 9.93. The third kappa shape index (κ3) is 2.46. The number of amides is 1. The highest BCUT2D eigenvalue weighted by molar-refractivity contribution is 6.07.